The van der Waals surface area contributed by atoms with Crippen LogP contribution < -0.4 is 0 Å². The number of rotatable bonds is 5. The maximum Gasteiger partial charge on any atom is 0.131 e. The Labute approximate surface area is 123 Å². The van der Waals surface area contributed by atoms with Gasteiger partial charge in [-0.1, -0.05) is 12.5 Å². The Morgan fingerprint density at radius 3 is 2.60 bits per heavy atom. The lowest BCUT2D eigenvalue weighted by Gasteiger charge is -2.30. The molecule has 0 aromatic heterocycles. The number of aliphatic hydroxyl groups excluding tert-OH is 1. The van der Waals surface area contributed by atoms with Gasteiger partial charge in [-0.05, 0) is 38.3 Å². The molecule has 0 aliphatic heterocycles. The first-order valence-corrected chi connectivity index (χ1v) is 8.18. The number of aliphatic hydroxyl groups is 1. The van der Waals surface area contributed by atoms with Gasteiger partial charge in [0.2, 0.25) is 0 Å². The summed E-state index contributed by atoms with van der Waals surface area (Å²) in [7, 11) is 1.92. The Balaban J connectivity index is 2.05. The van der Waals surface area contributed by atoms with E-state index in [4.69, 9.17) is 0 Å². The van der Waals surface area contributed by atoms with Crippen LogP contribution >= 0.6 is 11.8 Å². The van der Waals surface area contributed by atoms with Gasteiger partial charge >= 0.3 is 0 Å². The van der Waals surface area contributed by atoms with Gasteiger partial charge in [-0.2, -0.15) is 11.8 Å². The molecular weight excluding hydrogens is 280 g/mol. The molecule has 1 aromatic rings. The summed E-state index contributed by atoms with van der Waals surface area (Å²) in [5, 5.41) is 10.7. The first-order valence-electron chi connectivity index (χ1n) is 6.89. The van der Waals surface area contributed by atoms with Crippen LogP contribution in [0.2, 0.25) is 0 Å². The van der Waals surface area contributed by atoms with Crippen LogP contribution in [0.4, 0.5) is 8.78 Å². The van der Waals surface area contributed by atoms with Gasteiger partial charge < -0.3 is 5.11 Å². The summed E-state index contributed by atoms with van der Waals surface area (Å²) in [6.07, 6.45) is 4.37. The Morgan fingerprint density at radius 2 is 2.00 bits per heavy atom. The van der Waals surface area contributed by atoms with Gasteiger partial charge in [0.05, 0.1) is 11.7 Å². The van der Waals surface area contributed by atoms with Crippen LogP contribution in [0.15, 0.2) is 18.2 Å². The van der Waals surface area contributed by atoms with Crippen LogP contribution in [0.25, 0.3) is 0 Å². The summed E-state index contributed by atoms with van der Waals surface area (Å²) in [5.41, 5.74) is -0.224. The molecule has 1 N–H and O–H groups in total. The van der Waals surface area contributed by atoms with Crippen molar-refractivity contribution in [2.75, 3.05) is 19.8 Å². The van der Waals surface area contributed by atoms with Gasteiger partial charge in [-0.3, -0.25) is 4.90 Å². The molecule has 2 rings (SSSR count). The second kappa shape index (κ2) is 6.87. The zero-order chi connectivity index (χ0) is 14.7. The average Bonchev–Trinajstić information content (AvgIpc) is 2.86. The van der Waals surface area contributed by atoms with Crippen molar-refractivity contribution in [1.29, 1.82) is 0 Å². The van der Waals surface area contributed by atoms with Gasteiger partial charge in [-0.25, -0.2) is 8.78 Å². The van der Waals surface area contributed by atoms with Gasteiger partial charge in [0.15, 0.2) is 0 Å². The van der Waals surface area contributed by atoms with Crippen molar-refractivity contribution in [2.24, 2.45) is 0 Å². The van der Waals surface area contributed by atoms with Gasteiger partial charge in [0, 0.05) is 17.8 Å². The maximum absolute atomic E-state index is 13.6. The van der Waals surface area contributed by atoms with Gasteiger partial charge in [0.25, 0.3) is 0 Å². The fourth-order valence-electron chi connectivity index (χ4n) is 3.01. The number of hydrogen-bond donors (Lipinski definition) is 1. The number of thioether (sulfide) groups is 1. The smallest absolute Gasteiger partial charge is 0.131 e. The number of benzene rings is 1. The van der Waals surface area contributed by atoms with E-state index < -0.39 is 17.7 Å². The van der Waals surface area contributed by atoms with Crippen molar-refractivity contribution in [1.82, 2.24) is 4.90 Å². The molecule has 0 bridgehead atoms. The van der Waals surface area contributed by atoms with Crippen molar-refractivity contribution in [3.8, 4) is 0 Å². The standard InChI is InChI=1S/C15H21F2NOS/c1-18(12-7-4-8-14(12)20-2)9-13(19)15-10(16)5-3-6-11(15)17/h3,5-6,12-14,19H,4,7-9H2,1-2H3. The molecule has 0 spiro atoms. The Hall–Kier alpha value is -0.650. The second-order valence-corrected chi connectivity index (χ2v) is 6.44. The molecule has 3 atom stereocenters. The molecule has 20 heavy (non-hydrogen) atoms. The van der Waals surface area contributed by atoms with Crippen LogP contribution in [-0.2, 0) is 0 Å². The highest BCUT2D eigenvalue weighted by Gasteiger charge is 2.31. The van der Waals surface area contributed by atoms with Gasteiger partial charge in [0.1, 0.15) is 11.6 Å². The third kappa shape index (κ3) is 3.32. The Morgan fingerprint density at radius 1 is 1.35 bits per heavy atom. The lowest BCUT2D eigenvalue weighted by atomic mass is 10.1. The molecule has 0 amide bonds. The van der Waals surface area contributed by atoms with Crippen molar-refractivity contribution in [3.63, 3.8) is 0 Å². The molecule has 0 radical (unpaired) electrons. The third-order valence-electron chi connectivity index (χ3n) is 4.08. The molecule has 0 heterocycles. The molecule has 1 saturated carbocycles. The monoisotopic (exact) mass is 301 g/mol. The molecule has 1 aromatic carbocycles. The van der Waals surface area contributed by atoms with Crippen LogP contribution in [0.5, 0.6) is 0 Å². The highest BCUT2D eigenvalue weighted by Crippen LogP contribution is 2.32. The number of likely N-dealkylation sites (N-methyl/N-ethyl adjacent to an activating group) is 1. The van der Waals surface area contributed by atoms with E-state index in [1.807, 2.05) is 23.7 Å². The summed E-state index contributed by atoms with van der Waals surface area (Å²) in [6.45, 7) is 0.250. The summed E-state index contributed by atoms with van der Waals surface area (Å²) in [6, 6.07) is 4.05. The van der Waals surface area contributed by atoms with E-state index in [1.54, 1.807) is 0 Å². The van der Waals surface area contributed by atoms with Gasteiger partial charge in [-0.15, -0.1) is 0 Å². The topological polar surface area (TPSA) is 23.5 Å². The lowest BCUT2D eigenvalue weighted by molar-refractivity contribution is 0.101. The number of halogens is 2. The molecule has 5 heteroatoms. The highest BCUT2D eigenvalue weighted by atomic mass is 32.2. The van der Waals surface area contributed by atoms with E-state index in [2.05, 4.69) is 6.26 Å². The summed E-state index contributed by atoms with van der Waals surface area (Å²) in [5.74, 6) is -1.36. The van der Waals surface area contributed by atoms with Crippen LogP contribution in [0.1, 0.15) is 30.9 Å². The van der Waals surface area contributed by atoms with Crippen molar-refractivity contribution in [3.05, 3.63) is 35.4 Å². The van der Waals surface area contributed by atoms with Crippen LogP contribution in [0.3, 0.4) is 0 Å². The predicted octanol–water partition coefficient (Wildman–Crippen LogP) is 3.21. The van der Waals surface area contributed by atoms with E-state index in [0.29, 0.717) is 11.3 Å². The minimum absolute atomic E-state index is 0.224. The molecule has 0 saturated heterocycles. The largest absolute Gasteiger partial charge is 0.387 e. The first-order chi connectivity index (χ1) is 9.54. The predicted molar refractivity (Wildman–Crippen MR) is 78.9 cm³/mol. The van der Waals surface area contributed by atoms with Crippen LogP contribution in [-0.4, -0.2) is 41.1 Å². The minimum atomic E-state index is -1.13. The molecule has 1 fully saturated rings. The zero-order valence-electron chi connectivity index (χ0n) is 11.9. The summed E-state index contributed by atoms with van der Waals surface area (Å²) in [4.78, 5) is 2.03. The Kier molecular flexibility index (Phi) is 5.41. The molecule has 1 aliphatic rings. The van der Waals surface area contributed by atoms with E-state index >= 15 is 0 Å². The van der Waals surface area contributed by atoms with E-state index in [9.17, 15) is 13.9 Å². The van der Waals surface area contributed by atoms with Crippen LogP contribution in [0, 0.1) is 11.6 Å². The van der Waals surface area contributed by atoms with E-state index in [1.165, 1.54) is 31.0 Å². The Bertz CT molecular complexity index is 437. The summed E-state index contributed by atoms with van der Waals surface area (Å²) >= 11 is 1.83. The average molecular weight is 301 g/mol. The lowest BCUT2D eigenvalue weighted by Crippen LogP contribution is -2.39. The molecular formula is C15H21F2NOS. The number of hydrogen-bond acceptors (Lipinski definition) is 3. The van der Waals surface area contributed by atoms with Crippen molar-refractivity contribution in [2.45, 2.75) is 36.7 Å². The van der Waals surface area contributed by atoms with Crippen molar-refractivity contribution < 1.29 is 13.9 Å². The number of nitrogens with zero attached hydrogens (tertiary/aromatic N) is 1. The molecule has 2 nitrogen and oxygen atoms in total. The SMILES string of the molecule is CSC1CCCC1N(C)CC(O)c1c(F)cccc1F. The quantitative estimate of drug-likeness (QED) is 0.903. The highest BCUT2D eigenvalue weighted by molar-refractivity contribution is 7.99. The summed E-state index contributed by atoms with van der Waals surface area (Å²) < 4.78 is 27.3. The third-order valence-corrected chi connectivity index (χ3v) is 5.24. The minimum Gasteiger partial charge on any atom is -0.387 e. The first kappa shape index (κ1) is 15.7. The van der Waals surface area contributed by atoms with Crippen molar-refractivity contribution >= 4 is 11.8 Å². The fraction of sp³-hybridized carbons (Fsp3) is 0.600. The molecule has 112 valence electrons. The molecule has 1 aliphatic carbocycles. The molecule has 3 unspecified atom stereocenters. The fourth-order valence-corrected chi connectivity index (χ4v) is 4.07. The van der Waals surface area contributed by atoms with E-state index in [-0.39, 0.29) is 12.1 Å². The normalized spacial score (nSPS) is 24.3. The second-order valence-electron chi connectivity index (χ2n) is 5.36. The van der Waals surface area contributed by atoms with E-state index in [0.717, 1.165) is 6.42 Å². The zero-order valence-corrected chi connectivity index (χ0v) is 12.7. The maximum atomic E-state index is 13.6.